The van der Waals surface area contributed by atoms with Gasteiger partial charge in [-0.25, -0.2) is 0 Å². The van der Waals surface area contributed by atoms with Crippen molar-refractivity contribution >= 4 is 0 Å². The smallest absolute Gasteiger partial charge is 0.0897 e. The molecule has 0 aromatic carbocycles. The van der Waals surface area contributed by atoms with Gasteiger partial charge in [-0.15, -0.1) is 0 Å². The first-order valence-corrected chi connectivity index (χ1v) is 8.61. The van der Waals surface area contributed by atoms with Crippen molar-refractivity contribution in [2.24, 2.45) is 11.8 Å². The van der Waals surface area contributed by atoms with Gasteiger partial charge in [-0.1, -0.05) is 27.2 Å². The first-order valence-electron chi connectivity index (χ1n) is 8.61. The minimum absolute atomic E-state index is 0.363. The first-order chi connectivity index (χ1) is 9.61. The lowest BCUT2D eigenvalue weighted by Crippen LogP contribution is -2.39. The molecule has 0 radical (unpaired) electrons. The lowest BCUT2D eigenvalue weighted by molar-refractivity contribution is 0.0325. The zero-order valence-corrected chi connectivity index (χ0v) is 13.7. The molecule has 0 spiro atoms. The molecule has 0 amide bonds. The van der Waals surface area contributed by atoms with Gasteiger partial charge < -0.3 is 15.2 Å². The Morgan fingerprint density at radius 1 is 1.20 bits per heavy atom. The lowest BCUT2D eigenvalue weighted by atomic mass is 9.84. The zero-order valence-electron chi connectivity index (χ0n) is 13.7. The van der Waals surface area contributed by atoms with Crippen molar-refractivity contribution < 1.29 is 9.84 Å². The van der Waals surface area contributed by atoms with Gasteiger partial charge in [0.15, 0.2) is 0 Å². The highest BCUT2D eigenvalue weighted by atomic mass is 16.5. The van der Waals surface area contributed by atoms with E-state index in [4.69, 9.17) is 4.74 Å². The molecule has 0 heterocycles. The van der Waals surface area contributed by atoms with Gasteiger partial charge in [0.2, 0.25) is 0 Å². The van der Waals surface area contributed by atoms with Gasteiger partial charge in [-0.2, -0.15) is 0 Å². The van der Waals surface area contributed by atoms with Crippen LogP contribution in [0.2, 0.25) is 0 Å². The summed E-state index contributed by atoms with van der Waals surface area (Å²) in [5.41, 5.74) is 0. The number of hydrogen-bond donors (Lipinski definition) is 2. The SMILES string of the molecule is CCC1CCC(NCC(O)COCCCC(C)C)CC1. The molecule has 1 atom stereocenters. The van der Waals surface area contributed by atoms with Crippen LogP contribution in [0.15, 0.2) is 0 Å². The standard InChI is InChI=1S/C17H35NO2/c1-4-15-7-9-16(10-8-15)18-12-17(19)13-20-11-5-6-14(2)3/h14-19H,4-13H2,1-3H3. The van der Waals surface area contributed by atoms with Gasteiger partial charge in [0.05, 0.1) is 12.7 Å². The Balaban J connectivity index is 1.96. The van der Waals surface area contributed by atoms with Crippen molar-refractivity contribution in [3.8, 4) is 0 Å². The Morgan fingerprint density at radius 3 is 2.50 bits per heavy atom. The topological polar surface area (TPSA) is 41.5 Å². The van der Waals surface area contributed by atoms with E-state index in [2.05, 4.69) is 26.1 Å². The maximum atomic E-state index is 9.90. The minimum atomic E-state index is -0.363. The summed E-state index contributed by atoms with van der Waals surface area (Å²) >= 11 is 0. The summed E-state index contributed by atoms with van der Waals surface area (Å²) in [7, 11) is 0. The molecule has 1 fully saturated rings. The van der Waals surface area contributed by atoms with Crippen LogP contribution in [-0.4, -0.2) is 37.0 Å². The molecular weight excluding hydrogens is 250 g/mol. The molecule has 1 rings (SSSR count). The molecule has 0 saturated heterocycles. The first kappa shape index (κ1) is 17.9. The van der Waals surface area contributed by atoms with E-state index < -0.39 is 0 Å². The van der Waals surface area contributed by atoms with Gasteiger partial charge >= 0.3 is 0 Å². The molecule has 20 heavy (non-hydrogen) atoms. The Kier molecular flexibility index (Phi) is 9.49. The average molecular weight is 285 g/mol. The maximum absolute atomic E-state index is 9.90. The van der Waals surface area contributed by atoms with Crippen molar-refractivity contribution in [2.75, 3.05) is 19.8 Å². The van der Waals surface area contributed by atoms with Crippen LogP contribution < -0.4 is 5.32 Å². The normalized spacial score (nSPS) is 25.1. The number of rotatable bonds is 10. The Hall–Kier alpha value is -0.120. The molecule has 0 aromatic rings. The van der Waals surface area contributed by atoms with Crippen molar-refractivity contribution in [1.82, 2.24) is 5.32 Å². The summed E-state index contributed by atoms with van der Waals surface area (Å²) < 4.78 is 5.53. The van der Waals surface area contributed by atoms with Crippen molar-refractivity contribution in [1.29, 1.82) is 0 Å². The fraction of sp³-hybridized carbons (Fsp3) is 1.00. The maximum Gasteiger partial charge on any atom is 0.0897 e. The van der Waals surface area contributed by atoms with Gasteiger partial charge in [0.1, 0.15) is 0 Å². The largest absolute Gasteiger partial charge is 0.389 e. The van der Waals surface area contributed by atoms with Crippen molar-refractivity contribution in [3.05, 3.63) is 0 Å². The second-order valence-electron chi connectivity index (χ2n) is 6.80. The third-order valence-corrected chi connectivity index (χ3v) is 4.45. The van der Waals surface area contributed by atoms with Crippen LogP contribution >= 0.6 is 0 Å². The highest BCUT2D eigenvalue weighted by Gasteiger charge is 2.20. The molecule has 0 aromatic heterocycles. The van der Waals surface area contributed by atoms with E-state index in [1.165, 1.54) is 38.5 Å². The molecule has 3 heteroatoms. The van der Waals surface area contributed by atoms with Crippen molar-refractivity contribution in [2.45, 2.75) is 77.9 Å². The predicted octanol–water partition coefficient (Wildman–Crippen LogP) is 3.36. The summed E-state index contributed by atoms with van der Waals surface area (Å²) in [6, 6.07) is 0.605. The zero-order chi connectivity index (χ0) is 14.8. The second-order valence-corrected chi connectivity index (χ2v) is 6.80. The molecule has 1 aliphatic carbocycles. The van der Waals surface area contributed by atoms with E-state index in [9.17, 15) is 5.11 Å². The van der Waals surface area contributed by atoms with Crippen LogP contribution in [0.25, 0.3) is 0 Å². The summed E-state index contributed by atoms with van der Waals surface area (Å²) in [5, 5.41) is 13.4. The number of aliphatic hydroxyl groups excluding tert-OH is 1. The highest BCUT2D eigenvalue weighted by molar-refractivity contribution is 4.77. The van der Waals surface area contributed by atoms with E-state index in [1.54, 1.807) is 0 Å². The molecule has 1 unspecified atom stereocenters. The summed E-state index contributed by atoms with van der Waals surface area (Å²) in [4.78, 5) is 0. The average Bonchev–Trinajstić information content (AvgIpc) is 2.45. The van der Waals surface area contributed by atoms with Gasteiger partial charge in [0, 0.05) is 19.2 Å². The fourth-order valence-corrected chi connectivity index (χ4v) is 2.95. The van der Waals surface area contributed by atoms with Crippen LogP contribution in [0.5, 0.6) is 0 Å². The Bertz CT molecular complexity index is 225. The minimum Gasteiger partial charge on any atom is -0.389 e. The predicted molar refractivity (Wildman–Crippen MR) is 84.9 cm³/mol. The fourth-order valence-electron chi connectivity index (χ4n) is 2.95. The Morgan fingerprint density at radius 2 is 1.90 bits per heavy atom. The third kappa shape index (κ3) is 8.23. The molecule has 2 N–H and O–H groups in total. The molecule has 0 aliphatic heterocycles. The number of aliphatic hydroxyl groups is 1. The van der Waals surface area contributed by atoms with E-state index in [1.807, 2.05) is 0 Å². The van der Waals surface area contributed by atoms with E-state index in [-0.39, 0.29) is 6.10 Å². The number of nitrogens with one attached hydrogen (secondary N) is 1. The molecule has 1 saturated carbocycles. The summed E-state index contributed by atoms with van der Waals surface area (Å²) in [6.07, 6.45) is 8.47. The summed E-state index contributed by atoms with van der Waals surface area (Å²) in [6.45, 7) is 8.66. The van der Waals surface area contributed by atoms with Crippen LogP contribution in [0.3, 0.4) is 0 Å². The molecule has 0 bridgehead atoms. The van der Waals surface area contributed by atoms with Crippen LogP contribution in [-0.2, 0) is 4.74 Å². The van der Waals surface area contributed by atoms with Gasteiger partial charge in [-0.05, 0) is 50.4 Å². The molecule has 1 aliphatic rings. The van der Waals surface area contributed by atoms with E-state index in [0.29, 0.717) is 19.2 Å². The van der Waals surface area contributed by atoms with Gasteiger partial charge in [0.25, 0.3) is 0 Å². The van der Waals surface area contributed by atoms with Crippen LogP contribution in [0.4, 0.5) is 0 Å². The Labute approximate surface area is 125 Å². The van der Waals surface area contributed by atoms with Crippen LogP contribution in [0, 0.1) is 11.8 Å². The van der Waals surface area contributed by atoms with Crippen molar-refractivity contribution in [3.63, 3.8) is 0 Å². The van der Waals surface area contributed by atoms with E-state index in [0.717, 1.165) is 24.9 Å². The molecular formula is C17H35NO2. The highest BCUT2D eigenvalue weighted by Crippen LogP contribution is 2.26. The second kappa shape index (κ2) is 10.6. The molecule has 3 nitrogen and oxygen atoms in total. The summed E-state index contributed by atoms with van der Waals surface area (Å²) in [5.74, 6) is 1.67. The number of ether oxygens (including phenoxy) is 1. The quantitative estimate of drug-likeness (QED) is 0.605. The third-order valence-electron chi connectivity index (χ3n) is 4.45. The monoisotopic (exact) mass is 285 g/mol. The van der Waals surface area contributed by atoms with E-state index >= 15 is 0 Å². The lowest BCUT2D eigenvalue weighted by Gasteiger charge is -2.29. The number of hydrogen-bond acceptors (Lipinski definition) is 3. The van der Waals surface area contributed by atoms with Crippen LogP contribution in [0.1, 0.15) is 65.7 Å². The molecule has 120 valence electrons. The van der Waals surface area contributed by atoms with Gasteiger partial charge in [-0.3, -0.25) is 0 Å².